The van der Waals surface area contributed by atoms with E-state index in [1.165, 1.54) is 7.11 Å². The van der Waals surface area contributed by atoms with E-state index in [-0.39, 0.29) is 12.2 Å². The van der Waals surface area contributed by atoms with E-state index in [2.05, 4.69) is 0 Å². The Kier molecular flexibility index (Phi) is 6.07. The van der Waals surface area contributed by atoms with E-state index in [1.807, 2.05) is 35.0 Å². The Labute approximate surface area is 183 Å². The molecule has 7 heteroatoms. The Morgan fingerprint density at radius 3 is 2.50 bits per heavy atom. The molecule has 0 saturated carbocycles. The van der Waals surface area contributed by atoms with Gasteiger partial charge in [0.1, 0.15) is 18.1 Å². The van der Waals surface area contributed by atoms with Crippen molar-refractivity contribution < 1.29 is 28.2 Å². The fourth-order valence-corrected chi connectivity index (χ4v) is 3.64. The maximum absolute atomic E-state index is 13.7. The molecule has 1 N–H and O–H groups in total. The van der Waals surface area contributed by atoms with Crippen LogP contribution in [0.2, 0.25) is 0 Å². The highest BCUT2D eigenvalue weighted by Gasteiger charge is 2.13. The summed E-state index contributed by atoms with van der Waals surface area (Å²) in [5, 5.41) is 9.92. The molecule has 164 valence electrons. The predicted molar refractivity (Wildman–Crippen MR) is 117 cm³/mol. The van der Waals surface area contributed by atoms with Crippen LogP contribution in [0.3, 0.4) is 0 Å². The second-order valence-corrected chi connectivity index (χ2v) is 7.28. The Hall–Kier alpha value is -3.87. The van der Waals surface area contributed by atoms with E-state index in [9.17, 15) is 13.6 Å². The second kappa shape index (κ2) is 9.09. The Bertz CT molecular complexity index is 1270. The molecule has 0 aliphatic rings. The van der Waals surface area contributed by atoms with E-state index in [4.69, 9.17) is 14.6 Å². The quantitative estimate of drug-likeness (QED) is 0.387. The fourth-order valence-electron chi connectivity index (χ4n) is 3.64. The monoisotopic (exact) mass is 437 g/mol. The van der Waals surface area contributed by atoms with Gasteiger partial charge in [-0.25, -0.2) is 8.78 Å². The molecule has 0 fully saturated rings. The zero-order chi connectivity index (χ0) is 22.7. The smallest absolute Gasteiger partial charge is 0.305 e. The first kappa shape index (κ1) is 21.4. The molecule has 4 aromatic rings. The lowest BCUT2D eigenvalue weighted by molar-refractivity contribution is -0.137. The van der Waals surface area contributed by atoms with E-state index >= 15 is 0 Å². The molecule has 0 radical (unpaired) electrons. The molecule has 32 heavy (non-hydrogen) atoms. The number of fused-ring (bicyclic) bond motifs is 1. The van der Waals surface area contributed by atoms with Crippen LogP contribution >= 0.6 is 0 Å². The molecule has 0 unspecified atom stereocenters. The number of rotatable bonds is 8. The number of aromatic nitrogens is 1. The first-order valence-electron chi connectivity index (χ1n) is 10.0. The minimum Gasteiger partial charge on any atom is -0.496 e. The molecular weight excluding hydrogens is 416 g/mol. The van der Waals surface area contributed by atoms with Gasteiger partial charge >= 0.3 is 5.97 Å². The highest BCUT2D eigenvalue weighted by Crippen LogP contribution is 2.33. The van der Waals surface area contributed by atoms with E-state index in [1.54, 1.807) is 24.3 Å². The van der Waals surface area contributed by atoms with Crippen molar-refractivity contribution in [2.24, 2.45) is 0 Å². The minimum absolute atomic E-state index is 0.0552. The Morgan fingerprint density at radius 2 is 1.78 bits per heavy atom. The molecule has 1 aromatic heterocycles. The number of halogens is 2. The number of ether oxygens (including phenoxy) is 2. The van der Waals surface area contributed by atoms with Gasteiger partial charge in [0.15, 0.2) is 11.6 Å². The third-order valence-electron chi connectivity index (χ3n) is 5.27. The first-order chi connectivity index (χ1) is 15.5. The summed E-state index contributed by atoms with van der Waals surface area (Å²) in [5.41, 5.74) is 3.05. The zero-order valence-corrected chi connectivity index (χ0v) is 17.3. The van der Waals surface area contributed by atoms with Crippen LogP contribution in [0.15, 0.2) is 66.9 Å². The van der Waals surface area contributed by atoms with Crippen LogP contribution in [0.1, 0.15) is 12.0 Å². The molecule has 0 aliphatic carbocycles. The molecule has 0 spiro atoms. The fraction of sp³-hybridized carbons (Fsp3) is 0.160. The normalized spacial score (nSPS) is 11.0. The number of carboxylic acids is 1. The van der Waals surface area contributed by atoms with Crippen molar-refractivity contribution >= 4 is 16.9 Å². The molecule has 0 aliphatic heterocycles. The molecule has 0 saturated heterocycles. The number of methoxy groups -OCH3 is 1. The van der Waals surface area contributed by atoms with Gasteiger partial charge < -0.3 is 19.1 Å². The van der Waals surface area contributed by atoms with Crippen LogP contribution in [0.5, 0.6) is 11.5 Å². The number of hydrogen-bond donors (Lipinski definition) is 1. The molecule has 3 aromatic carbocycles. The van der Waals surface area contributed by atoms with Crippen LogP contribution in [0.25, 0.3) is 22.0 Å². The molecule has 5 nitrogen and oxygen atoms in total. The molecule has 0 bridgehead atoms. The summed E-state index contributed by atoms with van der Waals surface area (Å²) in [6.07, 6.45) is 1.93. The highest BCUT2D eigenvalue weighted by atomic mass is 19.2. The largest absolute Gasteiger partial charge is 0.496 e. The molecule has 4 rings (SSSR count). The van der Waals surface area contributed by atoms with E-state index < -0.39 is 17.6 Å². The number of carboxylic acid groups (broad SMARTS) is 1. The van der Waals surface area contributed by atoms with Gasteiger partial charge in [-0.05, 0) is 41.5 Å². The summed E-state index contributed by atoms with van der Waals surface area (Å²) in [4.78, 5) is 10.9. The van der Waals surface area contributed by atoms with Crippen molar-refractivity contribution in [2.75, 3.05) is 7.11 Å². The lowest BCUT2D eigenvalue weighted by atomic mass is 10.0. The van der Waals surface area contributed by atoms with Crippen molar-refractivity contribution in [3.63, 3.8) is 0 Å². The van der Waals surface area contributed by atoms with Gasteiger partial charge in [0.05, 0.1) is 13.5 Å². The average Bonchev–Trinajstić information content (AvgIpc) is 3.22. The first-order valence-corrected chi connectivity index (χ1v) is 10.0. The molecular formula is C25H21F2NO4. The van der Waals surface area contributed by atoms with Crippen LogP contribution in [-0.2, 0) is 17.9 Å². The third kappa shape index (κ3) is 4.42. The third-order valence-corrected chi connectivity index (χ3v) is 5.27. The SMILES string of the molecule is COc1cc(F)c(F)cc1-c1ccc(OCc2cccc3c2ccn3CCC(=O)O)cc1. The van der Waals surface area contributed by atoms with Crippen LogP contribution < -0.4 is 9.47 Å². The minimum atomic E-state index is -0.962. The van der Waals surface area contributed by atoms with Crippen molar-refractivity contribution in [1.82, 2.24) is 4.57 Å². The predicted octanol–water partition coefficient (Wildman–Crippen LogP) is 5.65. The number of aliphatic carboxylic acids is 1. The summed E-state index contributed by atoms with van der Waals surface area (Å²) in [6.45, 7) is 0.728. The highest BCUT2D eigenvalue weighted by molar-refractivity contribution is 5.83. The van der Waals surface area contributed by atoms with Gasteiger partial charge in [0.2, 0.25) is 0 Å². The van der Waals surface area contributed by atoms with Gasteiger partial charge in [0.25, 0.3) is 0 Å². The topological polar surface area (TPSA) is 60.7 Å². The van der Waals surface area contributed by atoms with Gasteiger partial charge in [-0.2, -0.15) is 0 Å². The standard InChI is InChI=1S/C25H21F2NO4/c1-31-24-14-22(27)21(26)13-20(24)16-5-7-18(8-6-16)32-15-17-3-2-4-23-19(17)9-11-28(23)12-10-25(29)30/h2-9,11,13-14H,10,12,15H2,1H3,(H,29,30). The number of aryl methyl sites for hydroxylation is 1. The van der Waals surface area contributed by atoms with Crippen LogP contribution in [0, 0.1) is 11.6 Å². The lowest BCUT2D eigenvalue weighted by Crippen LogP contribution is -2.03. The zero-order valence-electron chi connectivity index (χ0n) is 17.3. The maximum Gasteiger partial charge on any atom is 0.305 e. The van der Waals surface area contributed by atoms with Gasteiger partial charge in [-0.15, -0.1) is 0 Å². The molecule has 1 heterocycles. The van der Waals surface area contributed by atoms with Crippen molar-refractivity contribution in [1.29, 1.82) is 0 Å². The summed E-state index contributed by atoms with van der Waals surface area (Å²) >= 11 is 0. The van der Waals surface area contributed by atoms with E-state index in [0.717, 1.165) is 28.6 Å². The van der Waals surface area contributed by atoms with Crippen molar-refractivity contribution in [3.8, 4) is 22.6 Å². The van der Waals surface area contributed by atoms with Gasteiger partial charge in [-0.3, -0.25) is 4.79 Å². The number of hydrogen-bond acceptors (Lipinski definition) is 3. The molecule has 0 atom stereocenters. The van der Waals surface area contributed by atoms with Crippen molar-refractivity contribution in [2.45, 2.75) is 19.6 Å². The maximum atomic E-state index is 13.7. The van der Waals surface area contributed by atoms with Crippen molar-refractivity contribution in [3.05, 3.63) is 84.1 Å². The number of carbonyl (C=O) groups is 1. The summed E-state index contributed by atoms with van der Waals surface area (Å²) in [6, 6.07) is 16.9. The average molecular weight is 437 g/mol. The summed E-state index contributed by atoms with van der Waals surface area (Å²) in [7, 11) is 1.41. The number of benzene rings is 3. The Balaban J connectivity index is 1.50. The van der Waals surface area contributed by atoms with E-state index in [0.29, 0.717) is 30.0 Å². The van der Waals surface area contributed by atoms with Gasteiger partial charge in [0, 0.05) is 35.3 Å². The number of nitrogens with zero attached hydrogens (tertiary/aromatic N) is 1. The van der Waals surface area contributed by atoms with Crippen LogP contribution in [0.4, 0.5) is 8.78 Å². The van der Waals surface area contributed by atoms with Gasteiger partial charge in [-0.1, -0.05) is 24.3 Å². The summed E-state index contributed by atoms with van der Waals surface area (Å²) < 4.78 is 40.2. The molecule has 0 amide bonds. The lowest BCUT2D eigenvalue weighted by Gasteiger charge is -2.11. The van der Waals surface area contributed by atoms with Crippen LogP contribution in [-0.4, -0.2) is 22.8 Å². The second-order valence-electron chi connectivity index (χ2n) is 7.28. The summed E-state index contributed by atoms with van der Waals surface area (Å²) in [5.74, 6) is -1.87. The Morgan fingerprint density at radius 1 is 1.03 bits per heavy atom.